The van der Waals surface area contributed by atoms with Gasteiger partial charge in [-0.1, -0.05) is 33.8 Å². The van der Waals surface area contributed by atoms with Crippen LogP contribution in [-0.2, 0) is 6.42 Å². The summed E-state index contributed by atoms with van der Waals surface area (Å²) in [5.41, 5.74) is 1.19. The SMILES string of the molecule is C#CCCc1ccc(OCC(C)C)c(OCC(C)C)c1. The minimum absolute atomic E-state index is 0.488. The van der Waals surface area contributed by atoms with Crippen LogP contribution in [-0.4, -0.2) is 13.2 Å². The third kappa shape index (κ3) is 6.02. The van der Waals surface area contributed by atoms with Crippen molar-refractivity contribution in [1.29, 1.82) is 0 Å². The van der Waals surface area contributed by atoms with Crippen LogP contribution in [0.2, 0.25) is 0 Å². The van der Waals surface area contributed by atoms with Gasteiger partial charge in [0.25, 0.3) is 0 Å². The molecule has 1 aromatic rings. The third-order valence-electron chi connectivity index (χ3n) is 2.71. The summed E-state index contributed by atoms with van der Waals surface area (Å²) < 4.78 is 11.7. The third-order valence-corrected chi connectivity index (χ3v) is 2.71. The van der Waals surface area contributed by atoms with Crippen LogP contribution in [0.5, 0.6) is 11.5 Å². The van der Waals surface area contributed by atoms with Crippen molar-refractivity contribution in [3.05, 3.63) is 23.8 Å². The Hall–Kier alpha value is -1.62. The van der Waals surface area contributed by atoms with Crippen molar-refractivity contribution in [2.45, 2.75) is 40.5 Å². The normalized spacial score (nSPS) is 10.7. The van der Waals surface area contributed by atoms with Crippen molar-refractivity contribution in [2.24, 2.45) is 11.8 Å². The Bertz CT molecular complexity index is 441. The van der Waals surface area contributed by atoms with Crippen LogP contribution >= 0.6 is 0 Å². The first-order valence-electron chi connectivity index (χ1n) is 7.35. The quantitative estimate of drug-likeness (QED) is 0.657. The Morgan fingerprint density at radius 2 is 1.60 bits per heavy atom. The molecule has 0 radical (unpaired) electrons. The number of ether oxygens (including phenoxy) is 2. The van der Waals surface area contributed by atoms with E-state index >= 15 is 0 Å². The number of aryl methyl sites for hydroxylation is 1. The van der Waals surface area contributed by atoms with Gasteiger partial charge >= 0.3 is 0 Å². The Morgan fingerprint density at radius 1 is 1.00 bits per heavy atom. The molecule has 0 atom stereocenters. The molecule has 0 unspecified atom stereocenters. The fourth-order valence-electron chi connectivity index (χ4n) is 1.67. The van der Waals surface area contributed by atoms with Gasteiger partial charge in [-0.05, 0) is 36.0 Å². The van der Waals surface area contributed by atoms with E-state index in [9.17, 15) is 0 Å². The largest absolute Gasteiger partial charge is 0.489 e. The van der Waals surface area contributed by atoms with Crippen LogP contribution in [0.3, 0.4) is 0 Å². The number of benzene rings is 1. The molecule has 0 fully saturated rings. The van der Waals surface area contributed by atoms with Gasteiger partial charge in [-0.3, -0.25) is 0 Å². The van der Waals surface area contributed by atoms with Crippen molar-refractivity contribution in [3.8, 4) is 23.8 Å². The van der Waals surface area contributed by atoms with E-state index in [0.29, 0.717) is 25.0 Å². The topological polar surface area (TPSA) is 18.5 Å². The molecule has 0 aliphatic carbocycles. The number of hydrogen-bond donors (Lipinski definition) is 0. The summed E-state index contributed by atoms with van der Waals surface area (Å²) in [6, 6.07) is 6.11. The van der Waals surface area contributed by atoms with E-state index in [4.69, 9.17) is 15.9 Å². The maximum atomic E-state index is 5.87. The lowest BCUT2D eigenvalue weighted by Gasteiger charge is -2.16. The standard InChI is InChI=1S/C18H26O2/c1-6-7-8-16-9-10-17(19-12-14(2)3)18(11-16)20-13-15(4)5/h1,9-11,14-15H,7-8,12-13H2,2-5H3. The van der Waals surface area contributed by atoms with Crippen molar-refractivity contribution in [2.75, 3.05) is 13.2 Å². The van der Waals surface area contributed by atoms with E-state index in [1.165, 1.54) is 5.56 Å². The molecule has 0 heterocycles. The molecule has 0 saturated carbocycles. The van der Waals surface area contributed by atoms with Crippen molar-refractivity contribution < 1.29 is 9.47 Å². The van der Waals surface area contributed by atoms with Gasteiger partial charge in [0.15, 0.2) is 11.5 Å². The van der Waals surface area contributed by atoms with Gasteiger partial charge in [-0.2, -0.15) is 0 Å². The van der Waals surface area contributed by atoms with E-state index in [-0.39, 0.29) is 0 Å². The smallest absolute Gasteiger partial charge is 0.161 e. The van der Waals surface area contributed by atoms with Gasteiger partial charge in [0.1, 0.15) is 0 Å². The van der Waals surface area contributed by atoms with Crippen LogP contribution in [0.4, 0.5) is 0 Å². The molecule has 0 aliphatic heterocycles. The van der Waals surface area contributed by atoms with Gasteiger partial charge in [0, 0.05) is 6.42 Å². The molecule has 2 nitrogen and oxygen atoms in total. The van der Waals surface area contributed by atoms with Crippen molar-refractivity contribution in [1.82, 2.24) is 0 Å². The summed E-state index contributed by atoms with van der Waals surface area (Å²) in [5, 5.41) is 0. The molecule has 20 heavy (non-hydrogen) atoms. The zero-order chi connectivity index (χ0) is 15.0. The Balaban J connectivity index is 2.82. The van der Waals surface area contributed by atoms with Crippen molar-refractivity contribution in [3.63, 3.8) is 0 Å². The van der Waals surface area contributed by atoms with Crippen LogP contribution < -0.4 is 9.47 Å². The van der Waals surface area contributed by atoms with Crippen LogP contribution in [0.1, 0.15) is 39.7 Å². The molecule has 0 spiro atoms. The van der Waals surface area contributed by atoms with Gasteiger partial charge in [-0.25, -0.2) is 0 Å². The predicted molar refractivity (Wildman–Crippen MR) is 84.3 cm³/mol. The second-order valence-electron chi connectivity index (χ2n) is 5.89. The highest BCUT2D eigenvalue weighted by molar-refractivity contribution is 5.43. The van der Waals surface area contributed by atoms with Crippen molar-refractivity contribution >= 4 is 0 Å². The summed E-state index contributed by atoms with van der Waals surface area (Å²) in [7, 11) is 0. The Kier molecular flexibility index (Phi) is 7.01. The fourth-order valence-corrected chi connectivity index (χ4v) is 1.67. The van der Waals surface area contributed by atoms with E-state index < -0.39 is 0 Å². The molecule has 0 amide bonds. The minimum atomic E-state index is 0.488. The molecule has 1 rings (SSSR count). The van der Waals surface area contributed by atoms with Gasteiger partial charge in [-0.15, -0.1) is 12.3 Å². The predicted octanol–water partition coefficient (Wildman–Crippen LogP) is 4.32. The average Bonchev–Trinajstić information content (AvgIpc) is 2.41. The summed E-state index contributed by atoms with van der Waals surface area (Å²) >= 11 is 0. The lowest BCUT2D eigenvalue weighted by Crippen LogP contribution is -2.09. The lowest BCUT2D eigenvalue weighted by atomic mass is 10.1. The molecule has 0 N–H and O–H groups in total. The lowest BCUT2D eigenvalue weighted by molar-refractivity contribution is 0.229. The average molecular weight is 274 g/mol. The van der Waals surface area contributed by atoms with E-state index in [0.717, 1.165) is 24.3 Å². The Morgan fingerprint density at radius 3 is 2.15 bits per heavy atom. The molecule has 1 aromatic carbocycles. The van der Waals surface area contributed by atoms with Crippen LogP contribution in [0.15, 0.2) is 18.2 Å². The summed E-state index contributed by atoms with van der Waals surface area (Å²) in [6.45, 7) is 9.93. The molecular formula is C18H26O2. The highest BCUT2D eigenvalue weighted by Gasteiger charge is 2.09. The molecule has 2 heteroatoms. The maximum Gasteiger partial charge on any atom is 0.161 e. The van der Waals surface area contributed by atoms with Crippen LogP contribution in [0.25, 0.3) is 0 Å². The van der Waals surface area contributed by atoms with E-state index in [1.54, 1.807) is 0 Å². The van der Waals surface area contributed by atoms with E-state index in [2.05, 4.69) is 45.7 Å². The summed E-state index contributed by atoms with van der Waals surface area (Å²) in [6.07, 6.45) is 6.94. The molecule has 0 bridgehead atoms. The zero-order valence-electron chi connectivity index (χ0n) is 13.1. The molecule has 110 valence electrons. The fraction of sp³-hybridized carbons (Fsp3) is 0.556. The first-order chi connectivity index (χ1) is 9.52. The highest BCUT2D eigenvalue weighted by atomic mass is 16.5. The molecule has 0 aromatic heterocycles. The summed E-state index contributed by atoms with van der Waals surface area (Å²) in [5.74, 6) is 5.30. The number of terminal acetylenes is 1. The molecule has 0 aliphatic rings. The summed E-state index contributed by atoms with van der Waals surface area (Å²) in [4.78, 5) is 0. The molecule has 0 saturated heterocycles. The highest BCUT2D eigenvalue weighted by Crippen LogP contribution is 2.29. The van der Waals surface area contributed by atoms with Gasteiger partial charge in [0.05, 0.1) is 13.2 Å². The van der Waals surface area contributed by atoms with Gasteiger partial charge in [0.2, 0.25) is 0 Å². The number of hydrogen-bond acceptors (Lipinski definition) is 2. The zero-order valence-corrected chi connectivity index (χ0v) is 13.1. The van der Waals surface area contributed by atoms with E-state index in [1.807, 2.05) is 6.07 Å². The van der Waals surface area contributed by atoms with Crippen LogP contribution in [0, 0.1) is 24.2 Å². The first kappa shape index (κ1) is 16.4. The minimum Gasteiger partial charge on any atom is -0.489 e. The van der Waals surface area contributed by atoms with Gasteiger partial charge < -0.3 is 9.47 Å². The number of rotatable bonds is 8. The Labute approximate surface area is 123 Å². The maximum absolute atomic E-state index is 5.87. The monoisotopic (exact) mass is 274 g/mol. The second kappa shape index (κ2) is 8.53. The second-order valence-corrected chi connectivity index (χ2v) is 5.89. The first-order valence-corrected chi connectivity index (χ1v) is 7.35. The molecular weight excluding hydrogens is 248 g/mol.